The van der Waals surface area contributed by atoms with Crippen molar-refractivity contribution in [1.29, 1.82) is 0 Å². The molecule has 3 atom stereocenters. The molecule has 0 unspecified atom stereocenters. The van der Waals surface area contributed by atoms with Crippen LogP contribution in [0.5, 0.6) is 0 Å². The van der Waals surface area contributed by atoms with E-state index in [9.17, 15) is 9.59 Å². The molecular formula is C47H46F2N10O5. The fourth-order valence-corrected chi connectivity index (χ4v) is 10.5. The van der Waals surface area contributed by atoms with Crippen LogP contribution in [-0.4, -0.2) is 74.0 Å². The van der Waals surface area contributed by atoms with Crippen molar-refractivity contribution in [2.24, 2.45) is 13.0 Å². The van der Waals surface area contributed by atoms with Crippen LogP contribution < -0.4 is 11.4 Å². The quantitative estimate of drug-likeness (QED) is 0.179. The van der Waals surface area contributed by atoms with E-state index in [0.29, 0.717) is 95.9 Å². The van der Waals surface area contributed by atoms with E-state index in [4.69, 9.17) is 14.4 Å². The summed E-state index contributed by atoms with van der Waals surface area (Å²) >= 11 is 0. The highest BCUT2D eigenvalue weighted by Gasteiger charge is 2.59. The zero-order valence-corrected chi connectivity index (χ0v) is 36.1. The molecule has 15 nitrogen and oxygen atoms in total. The normalized spacial score (nSPS) is 20.3. The van der Waals surface area contributed by atoms with Gasteiger partial charge in [-0.3, -0.25) is 28.1 Å². The molecule has 7 heterocycles. The maximum atomic E-state index is 16.2. The molecule has 328 valence electrons. The Hall–Kier alpha value is -6.88. The van der Waals surface area contributed by atoms with Gasteiger partial charge in [0.15, 0.2) is 11.6 Å². The molecule has 0 bridgehead atoms. The minimum absolute atomic E-state index is 0.00537. The van der Waals surface area contributed by atoms with Crippen LogP contribution >= 0.6 is 0 Å². The summed E-state index contributed by atoms with van der Waals surface area (Å²) in [6.45, 7) is 9.10. The van der Waals surface area contributed by atoms with E-state index in [1.165, 1.54) is 27.1 Å². The molecule has 11 rings (SSSR count). The maximum Gasteiger partial charge on any atom is 0.438 e. The molecule has 1 saturated heterocycles. The van der Waals surface area contributed by atoms with Crippen LogP contribution in [0.2, 0.25) is 0 Å². The molecule has 5 aromatic heterocycles. The van der Waals surface area contributed by atoms with Gasteiger partial charge in [0.25, 0.3) is 5.91 Å². The summed E-state index contributed by atoms with van der Waals surface area (Å²) in [6.07, 6.45) is 7.96. The van der Waals surface area contributed by atoms with Crippen molar-refractivity contribution in [3.8, 4) is 17.2 Å². The summed E-state index contributed by atoms with van der Waals surface area (Å²) in [5, 5.41) is 14.6. The van der Waals surface area contributed by atoms with Gasteiger partial charge in [-0.05, 0) is 124 Å². The number of rotatable bonds is 7. The predicted molar refractivity (Wildman–Crippen MR) is 233 cm³/mol. The molecule has 2 aliphatic heterocycles. The van der Waals surface area contributed by atoms with Crippen molar-refractivity contribution in [2.45, 2.75) is 77.3 Å². The fourth-order valence-electron chi connectivity index (χ4n) is 10.5. The Bertz CT molecular complexity index is 3300. The number of nitrogens with one attached hydrogen (secondary N) is 1. The van der Waals surface area contributed by atoms with Crippen molar-refractivity contribution >= 4 is 27.7 Å². The van der Waals surface area contributed by atoms with E-state index < -0.39 is 28.8 Å². The lowest BCUT2D eigenvalue weighted by Gasteiger charge is -2.30. The van der Waals surface area contributed by atoms with Gasteiger partial charge >= 0.3 is 11.4 Å². The largest absolute Gasteiger partial charge is 0.438 e. The van der Waals surface area contributed by atoms with Crippen molar-refractivity contribution in [3.63, 3.8) is 0 Å². The molecule has 2 fully saturated rings. The standard InChI is InChI=1S/C47H46F2N10O5/c1-25-19-32(20-26(2)40(25)48)59-42(57-16-15-56(46(57)62)37-11-10-36-33(41(37)49)24-50-54(36)5)39-28(4)55(14-6-7-34(39)52-59)43(60)38-22-31-21-30(29-12-17-63-18-13-29)8-9-35(31)58(38)47(23-27(47)3)44-51-45(61)64-53-44/h8-11,15-16,19-22,24,27-29H,6-7,12-14,17-18,23H2,1-5H3,(H,51,53,61)/t27-,28-,47-/m0/s1. The average Bonchev–Trinajstić information content (AvgIpc) is 3.88. The van der Waals surface area contributed by atoms with Gasteiger partial charge in [-0.2, -0.15) is 10.2 Å². The average molecular weight is 869 g/mol. The number of aromatic nitrogens is 9. The van der Waals surface area contributed by atoms with Gasteiger partial charge in [-0.25, -0.2) is 23.1 Å². The molecule has 1 aliphatic carbocycles. The molecule has 1 saturated carbocycles. The van der Waals surface area contributed by atoms with Crippen molar-refractivity contribution < 1.29 is 22.8 Å². The summed E-state index contributed by atoms with van der Waals surface area (Å²) in [7, 11) is 1.72. The zero-order valence-electron chi connectivity index (χ0n) is 36.1. The number of imidazole rings is 1. The third kappa shape index (κ3) is 5.92. The number of nitrogens with zero attached hydrogens (tertiary/aromatic N) is 9. The van der Waals surface area contributed by atoms with Crippen LogP contribution in [0.4, 0.5) is 8.78 Å². The molecule has 0 spiro atoms. The lowest BCUT2D eigenvalue weighted by Crippen LogP contribution is -2.37. The van der Waals surface area contributed by atoms with Crippen LogP contribution in [0.15, 0.2) is 81.2 Å². The monoisotopic (exact) mass is 868 g/mol. The van der Waals surface area contributed by atoms with Crippen LogP contribution in [0, 0.1) is 31.4 Å². The first-order chi connectivity index (χ1) is 30.8. The minimum Gasteiger partial charge on any atom is -0.381 e. The number of amides is 1. The number of halogens is 2. The van der Waals surface area contributed by atoms with Gasteiger partial charge < -0.3 is 14.2 Å². The van der Waals surface area contributed by atoms with Gasteiger partial charge in [0, 0.05) is 55.7 Å². The zero-order chi connectivity index (χ0) is 44.3. The summed E-state index contributed by atoms with van der Waals surface area (Å²) in [4.78, 5) is 47.4. The highest BCUT2D eigenvalue weighted by Crippen LogP contribution is 2.56. The molecule has 1 N–H and O–H groups in total. The Morgan fingerprint density at radius 2 is 1.67 bits per heavy atom. The first kappa shape index (κ1) is 39.9. The van der Waals surface area contributed by atoms with E-state index in [1.807, 2.05) is 22.5 Å². The number of H-pyrrole nitrogens is 1. The Kier molecular flexibility index (Phi) is 9.10. The third-order valence-corrected chi connectivity index (χ3v) is 14.0. The second kappa shape index (κ2) is 14.6. The first-order valence-electron chi connectivity index (χ1n) is 21.8. The van der Waals surface area contributed by atoms with Crippen LogP contribution in [0.1, 0.15) is 95.8 Å². The molecule has 3 aliphatic rings. The highest BCUT2D eigenvalue weighted by molar-refractivity contribution is 6.00. The van der Waals surface area contributed by atoms with Gasteiger partial charge in [0.05, 0.1) is 40.2 Å². The third-order valence-electron chi connectivity index (χ3n) is 14.0. The van der Waals surface area contributed by atoms with Gasteiger partial charge in [0.2, 0.25) is 0 Å². The summed E-state index contributed by atoms with van der Waals surface area (Å²) in [5.74, 6) is -0.831. The maximum absolute atomic E-state index is 16.2. The fraction of sp³-hybridized carbons (Fsp3) is 0.362. The predicted octanol–water partition coefficient (Wildman–Crippen LogP) is 7.05. The Balaban J connectivity index is 1.08. The Morgan fingerprint density at radius 3 is 2.39 bits per heavy atom. The van der Waals surface area contributed by atoms with E-state index >= 15 is 13.6 Å². The Morgan fingerprint density at radius 1 is 0.938 bits per heavy atom. The first-order valence-corrected chi connectivity index (χ1v) is 21.8. The van der Waals surface area contributed by atoms with Crippen molar-refractivity contribution in [1.82, 2.24) is 48.3 Å². The van der Waals surface area contributed by atoms with E-state index in [1.54, 1.807) is 60.7 Å². The lowest BCUT2D eigenvalue weighted by molar-refractivity contribution is 0.0681. The number of aromatic amines is 1. The van der Waals surface area contributed by atoms with Gasteiger partial charge in [-0.1, -0.05) is 18.1 Å². The highest BCUT2D eigenvalue weighted by atomic mass is 19.1. The number of hydrogen-bond acceptors (Lipinski definition) is 8. The number of ether oxygens (including phenoxy) is 1. The van der Waals surface area contributed by atoms with Gasteiger partial charge in [-0.15, -0.1) is 0 Å². The molecule has 1 amide bonds. The van der Waals surface area contributed by atoms with Crippen LogP contribution in [0.3, 0.4) is 0 Å². The number of fused-ring (bicyclic) bond motifs is 3. The summed E-state index contributed by atoms with van der Waals surface area (Å²) in [5.41, 5.74) is 4.27. The second-order valence-electron chi connectivity index (χ2n) is 17.7. The molecule has 3 aromatic carbocycles. The van der Waals surface area contributed by atoms with Crippen LogP contribution in [0.25, 0.3) is 39.0 Å². The molecular weight excluding hydrogens is 823 g/mol. The molecule has 64 heavy (non-hydrogen) atoms. The van der Waals surface area contributed by atoms with Crippen LogP contribution in [-0.2, 0) is 23.7 Å². The summed E-state index contributed by atoms with van der Waals surface area (Å²) < 4.78 is 49.9. The van der Waals surface area contributed by atoms with E-state index in [0.717, 1.165) is 23.7 Å². The molecule has 17 heteroatoms. The van der Waals surface area contributed by atoms with E-state index in [2.05, 4.69) is 40.4 Å². The second-order valence-corrected chi connectivity index (χ2v) is 17.7. The van der Waals surface area contributed by atoms with Gasteiger partial charge in [0.1, 0.15) is 22.9 Å². The topological polar surface area (TPSA) is 156 Å². The SMILES string of the molecule is Cc1cc(-n2nc3c(c2-n2ccn(-c4ccc5c(cnn5C)c4F)c2=O)[C@H](C)N(C(=O)c2cc4cc(C5CCOCC5)ccc4n2[C@@]2(c4noc(=O)[nH]4)C[C@@H]2C)CCC3)cc(C)c1F. The molecule has 8 aromatic rings. The molecule has 0 radical (unpaired) electrons. The number of carbonyl (C=O) groups is 1. The number of carbonyl (C=O) groups excluding carboxylic acids is 1. The number of aryl methyl sites for hydroxylation is 4. The minimum atomic E-state index is -0.849. The van der Waals surface area contributed by atoms with Crippen molar-refractivity contribution in [2.75, 3.05) is 19.8 Å². The van der Waals surface area contributed by atoms with Crippen molar-refractivity contribution in [3.05, 3.63) is 139 Å². The van der Waals surface area contributed by atoms with E-state index in [-0.39, 0.29) is 28.7 Å². The number of hydrogen-bond donors (Lipinski definition) is 1. The number of benzene rings is 3. The summed E-state index contributed by atoms with van der Waals surface area (Å²) in [6, 6.07) is 14.3. The Labute approximate surface area is 364 Å². The lowest BCUT2D eigenvalue weighted by atomic mass is 9.91. The smallest absolute Gasteiger partial charge is 0.381 e.